The molecule has 0 saturated heterocycles. The van der Waals surface area contributed by atoms with Crippen molar-refractivity contribution in [2.24, 2.45) is 5.10 Å². The Hall–Kier alpha value is -2.86. The largest absolute Gasteiger partial charge is 0.488 e. The second kappa shape index (κ2) is 8.69. The predicted octanol–water partition coefficient (Wildman–Crippen LogP) is 2.12. The van der Waals surface area contributed by atoms with Crippen molar-refractivity contribution in [3.8, 4) is 5.75 Å². The minimum atomic E-state index is -0.842. The molecule has 124 valence electrons. The number of likely N-dealkylation sites (N-methyl/N-ethyl adjacent to an activating group) is 1. The minimum Gasteiger partial charge on any atom is -0.488 e. The Morgan fingerprint density at radius 2 is 1.96 bits per heavy atom. The molecule has 2 aromatic rings. The monoisotopic (exact) mass is 345 g/mol. The molecule has 7 heteroatoms. The van der Waals surface area contributed by atoms with Gasteiger partial charge in [-0.3, -0.25) is 9.59 Å². The zero-order valence-electron chi connectivity index (χ0n) is 13.0. The number of rotatable bonds is 5. The Labute approximate surface area is 144 Å². The highest BCUT2D eigenvalue weighted by Gasteiger charge is 2.09. The summed E-state index contributed by atoms with van der Waals surface area (Å²) in [6.45, 7) is 0.343. The van der Waals surface area contributed by atoms with E-state index in [0.29, 0.717) is 22.9 Å². The van der Waals surface area contributed by atoms with Crippen molar-refractivity contribution in [2.75, 3.05) is 7.05 Å². The maximum absolute atomic E-state index is 11.3. The summed E-state index contributed by atoms with van der Waals surface area (Å²) in [5.41, 5.74) is 3.73. The molecule has 2 rings (SSSR count). The van der Waals surface area contributed by atoms with Crippen LogP contribution in [0.3, 0.4) is 0 Å². The third-order valence-electron chi connectivity index (χ3n) is 3.01. The number of carbonyl (C=O) groups is 2. The number of nitrogens with one attached hydrogen (secondary N) is 2. The van der Waals surface area contributed by atoms with E-state index in [9.17, 15) is 9.59 Å². The highest BCUT2D eigenvalue weighted by molar-refractivity contribution is 6.35. The van der Waals surface area contributed by atoms with Crippen molar-refractivity contribution in [2.45, 2.75) is 6.61 Å². The van der Waals surface area contributed by atoms with Gasteiger partial charge >= 0.3 is 11.8 Å². The summed E-state index contributed by atoms with van der Waals surface area (Å²) in [7, 11) is 1.37. The van der Waals surface area contributed by atoms with E-state index in [1.165, 1.54) is 13.3 Å². The number of nitrogens with zero attached hydrogens (tertiary/aromatic N) is 1. The summed E-state index contributed by atoms with van der Waals surface area (Å²) >= 11 is 5.94. The number of para-hydroxylation sites is 1. The van der Waals surface area contributed by atoms with Gasteiger partial charge in [-0.1, -0.05) is 35.9 Å². The first-order chi connectivity index (χ1) is 11.6. The molecular weight excluding hydrogens is 330 g/mol. The first kappa shape index (κ1) is 17.5. The first-order valence-corrected chi connectivity index (χ1v) is 7.49. The van der Waals surface area contributed by atoms with Gasteiger partial charge in [0.05, 0.1) is 6.21 Å². The lowest BCUT2D eigenvalue weighted by Gasteiger charge is -2.09. The number of halogens is 1. The molecule has 0 unspecified atom stereocenters. The van der Waals surface area contributed by atoms with E-state index in [1.807, 2.05) is 30.3 Å². The fourth-order valence-corrected chi connectivity index (χ4v) is 2.04. The standard InChI is InChI=1S/C17H16ClN3O3/c1-19-16(22)17(23)21-20-10-13-6-2-3-8-15(13)24-11-12-5-4-7-14(18)9-12/h2-10H,11H2,1H3,(H,19,22)(H,21,23)/b20-10-. The Morgan fingerprint density at radius 3 is 2.71 bits per heavy atom. The molecule has 0 saturated carbocycles. The van der Waals surface area contributed by atoms with Crippen LogP contribution in [0, 0.1) is 0 Å². The van der Waals surface area contributed by atoms with E-state index >= 15 is 0 Å². The third-order valence-corrected chi connectivity index (χ3v) is 3.24. The highest BCUT2D eigenvalue weighted by atomic mass is 35.5. The van der Waals surface area contributed by atoms with E-state index in [-0.39, 0.29) is 0 Å². The zero-order chi connectivity index (χ0) is 17.4. The molecule has 2 amide bonds. The second-order valence-electron chi connectivity index (χ2n) is 4.73. The number of carbonyl (C=O) groups excluding carboxylic acids is 2. The number of hydrazone groups is 1. The number of hydrogen-bond donors (Lipinski definition) is 2. The lowest BCUT2D eigenvalue weighted by molar-refractivity contribution is -0.138. The SMILES string of the molecule is CNC(=O)C(=O)N/N=C\c1ccccc1OCc1cccc(Cl)c1. The molecule has 0 atom stereocenters. The van der Waals surface area contributed by atoms with Crippen LogP contribution in [0.1, 0.15) is 11.1 Å². The number of amides is 2. The molecule has 0 aliphatic carbocycles. The minimum absolute atomic E-state index is 0.343. The normalized spacial score (nSPS) is 10.4. The fourth-order valence-electron chi connectivity index (χ4n) is 1.83. The van der Waals surface area contributed by atoms with Gasteiger partial charge in [0.2, 0.25) is 0 Å². The quantitative estimate of drug-likeness (QED) is 0.495. The average molecular weight is 346 g/mol. The van der Waals surface area contributed by atoms with Crippen molar-refractivity contribution in [1.82, 2.24) is 10.7 Å². The Kier molecular flexibility index (Phi) is 6.33. The number of hydrogen-bond acceptors (Lipinski definition) is 4. The van der Waals surface area contributed by atoms with E-state index in [0.717, 1.165) is 5.56 Å². The van der Waals surface area contributed by atoms with E-state index < -0.39 is 11.8 Å². The van der Waals surface area contributed by atoms with Crippen LogP contribution in [0.5, 0.6) is 5.75 Å². The van der Waals surface area contributed by atoms with E-state index in [1.54, 1.807) is 18.2 Å². The van der Waals surface area contributed by atoms with Crippen LogP contribution in [0.2, 0.25) is 5.02 Å². The molecule has 0 radical (unpaired) electrons. The summed E-state index contributed by atoms with van der Waals surface area (Å²) in [6, 6.07) is 14.6. The molecule has 0 fully saturated rings. The van der Waals surface area contributed by atoms with Gasteiger partial charge in [-0.05, 0) is 29.8 Å². The fraction of sp³-hybridized carbons (Fsp3) is 0.118. The van der Waals surface area contributed by atoms with Crippen molar-refractivity contribution >= 4 is 29.6 Å². The van der Waals surface area contributed by atoms with Crippen molar-refractivity contribution in [3.05, 3.63) is 64.7 Å². The van der Waals surface area contributed by atoms with Crippen LogP contribution in [-0.2, 0) is 16.2 Å². The summed E-state index contributed by atoms with van der Waals surface area (Å²) in [5.74, 6) is -1.01. The van der Waals surface area contributed by atoms with Crippen LogP contribution >= 0.6 is 11.6 Å². The van der Waals surface area contributed by atoms with Gasteiger partial charge in [-0.2, -0.15) is 5.10 Å². The lowest BCUT2D eigenvalue weighted by Crippen LogP contribution is -2.35. The van der Waals surface area contributed by atoms with Gasteiger partial charge in [0.1, 0.15) is 12.4 Å². The molecule has 2 aromatic carbocycles. The first-order valence-electron chi connectivity index (χ1n) is 7.11. The molecule has 0 bridgehead atoms. The molecule has 6 nitrogen and oxygen atoms in total. The van der Waals surface area contributed by atoms with Crippen molar-refractivity contribution in [3.63, 3.8) is 0 Å². The van der Waals surface area contributed by atoms with Crippen molar-refractivity contribution in [1.29, 1.82) is 0 Å². The van der Waals surface area contributed by atoms with Gasteiger partial charge in [-0.15, -0.1) is 0 Å². The zero-order valence-corrected chi connectivity index (χ0v) is 13.7. The van der Waals surface area contributed by atoms with Crippen LogP contribution < -0.4 is 15.5 Å². The van der Waals surface area contributed by atoms with Gasteiger partial charge in [0, 0.05) is 17.6 Å². The molecule has 24 heavy (non-hydrogen) atoms. The summed E-state index contributed by atoms with van der Waals surface area (Å²) < 4.78 is 5.76. The number of ether oxygens (including phenoxy) is 1. The van der Waals surface area contributed by atoms with Gasteiger partial charge in [-0.25, -0.2) is 5.43 Å². The number of benzene rings is 2. The molecule has 2 N–H and O–H groups in total. The van der Waals surface area contributed by atoms with Gasteiger partial charge < -0.3 is 10.1 Å². The Balaban J connectivity index is 2.02. The van der Waals surface area contributed by atoms with Crippen molar-refractivity contribution < 1.29 is 14.3 Å². The van der Waals surface area contributed by atoms with Crippen LogP contribution in [0.4, 0.5) is 0 Å². The van der Waals surface area contributed by atoms with Crippen LogP contribution in [-0.4, -0.2) is 25.1 Å². The third kappa shape index (κ3) is 5.10. The second-order valence-corrected chi connectivity index (χ2v) is 5.17. The summed E-state index contributed by atoms with van der Waals surface area (Å²) in [6.07, 6.45) is 1.41. The smallest absolute Gasteiger partial charge is 0.329 e. The average Bonchev–Trinajstić information content (AvgIpc) is 2.60. The summed E-state index contributed by atoms with van der Waals surface area (Å²) in [4.78, 5) is 22.4. The summed E-state index contributed by atoms with van der Waals surface area (Å²) in [5, 5.41) is 6.60. The van der Waals surface area contributed by atoms with Gasteiger partial charge in [0.25, 0.3) is 0 Å². The van der Waals surface area contributed by atoms with Gasteiger partial charge in [0.15, 0.2) is 0 Å². The topological polar surface area (TPSA) is 79.8 Å². The van der Waals surface area contributed by atoms with Crippen LogP contribution in [0.15, 0.2) is 53.6 Å². The Bertz CT molecular complexity index is 762. The maximum Gasteiger partial charge on any atom is 0.329 e. The molecule has 0 heterocycles. The molecular formula is C17H16ClN3O3. The molecule has 0 aromatic heterocycles. The van der Waals surface area contributed by atoms with E-state index in [4.69, 9.17) is 16.3 Å². The van der Waals surface area contributed by atoms with E-state index in [2.05, 4.69) is 15.8 Å². The Morgan fingerprint density at radius 1 is 1.17 bits per heavy atom. The molecule has 0 aliphatic heterocycles. The maximum atomic E-state index is 11.3. The lowest BCUT2D eigenvalue weighted by atomic mass is 10.2. The molecule has 0 aliphatic rings. The van der Waals surface area contributed by atoms with Crippen LogP contribution in [0.25, 0.3) is 0 Å². The molecule has 0 spiro atoms. The predicted molar refractivity (Wildman–Crippen MR) is 92.0 cm³/mol. The highest BCUT2D eigenvalue weighted by Crippen LogP contribution is 2.18.